The molecule has 6 nitrogen and oxygen atoms in total. The summed E-state index contributed by atoms with van der Waals surface area (Å²) in [7, 11) is 0. The van der Waals surface area contributed by atoms with Gasteiger partial charge in [-0.3, -0.25) is 9.59 Å². The standard InChI is InChI=1S/C22H26Cl2N4O2/c1-15-19(20(24)28(25-15)14-17-6-2-3-7-18(17)23)22(30)27-12-8-16(9-13-27)21(29)26-10-4-5-11-26/h2-3,6-7,16H,4-5,8-14H2,1H3. The van der Waals surface area contributed by atoms with Crippen LogP contribution >= 0.6 is 23.2 Å². The van der Waals surface area contributed by atoms with Crippen LogP contribution in [0.4, 0.5) is 0 Å². The van der Waals surface area contributed by atoms with Crippen LogP contribution in [0.1, 0.15) is 47.3 Å². The summed E-state index contributed by atoms with van der Waals surface area (Å²) in [5.41, 5.74) is 1.93. The summed E-state index contributed by atoms with van der Waals surface area (Å²) in [6.07, 6.45) is 3.59. The Morgan fingerprint density at radius 3 is 2.37 bits per heavy atom. The van der Waals surface area contributed by atoms with Crippen LogP contribution in [0.2, 0.25) is 10.2 Å². The van der Waals surface area contributed by atoms with E-state index in [9.17, 15) is 9.59 Å². The van der Waals surface area contributed by atoms with Crippen LogP contribution in [0.15, 0.2) is 24.3 Å². The molecule has 2 aromatic rings. The van der Waals surface area contributed by atoms with Gasteiger partial charge in [-0.05, 0) is 44.2 Å². The normalized spacial score (nSPS) is 17.6. The smallest absolute Gasteiger partial charge is 0.258 e. The quantitative estimate of drug-likeness (QED) is 0.709. The zero-order chi connectivity index (χ0) is 21.3. The Hall–Kier alpha value is -2.05. The van der Waals surface area contributed by atoms with Crippen molar-refractivity contribution in [2.75, 3.05) is 26.2 Å². The molecule has 1 aromatic carbocycles. The molecule has 3 heterocycles. The van der Waals surface area contributed by atoms with Gasteiger partial charge in [-0.1, -0.05) is 41.4 Å². The lowest BCUT2D eigenvalue weighted by Gasteiger charge is -2.33. The van der Waals surface area contributed by atoms with Crippen molar-refractivity contribution in [3.63, 3.8) is 0 Å². The van der Waals surface area contributed by atoms with Gasteiger partial charge in [0.1, 0.15) is 5.15 Å². The molecule has 0 bridgehead atoms. The number of aryl methyl sites for hydroxylation is 1. The summed E-state index contributed by atoms with van der Waals surface area (Å²) in [6.45, 7) is 5.07. The van der Waals surface area contributed by atoms with Gasteiger partial charge < -0.3 is 9.80 Å². The third-order valence-electron chi connectivity index (χ3n) is 6.11. The van der Waals surface area contributed by atoms with Crippen LogP contribution in [0.25, 0.3) is 0 Å². The third kappa shape index (κ3) is 4.21. The molecule has 0 radical (unpaired) electrons. The summed E-state index contributed by atoms with van der Waals surface area (Å²) in [5, 5.41) is 5.44. The Kier molecular flexibility index (Phi) is 6.34. The molecule has 2 amide bonds. The van der Waals surface area contributed by atoms with E-state index in [1.54, 1.807) is 16.5 Å². The minimum absolute atomic E-state index is 0.0201. The van der Waals surface area contributed by atoms with E-state index < -0.39 is 0 Å². The van der Waals surface area contributed by atoms with Crippen molar-refractivity contribution in [2.24, 2.45) is 5.92 Å². The highest BCUT2D eigenvalue weighted by Crippen LogP contribution is 2.27. The second-order valence-corrected chi connectivity index (χ2v) is 8.86. The number of nitrogens with zero attached hydrogens (tertiary/aromatic N) is 4. The molecule has 0 saturated carbocycles. The van der Waals surface area contributed by atoms with Crippen LogP contribution < -0.4 is 0 Å². The number of piperidine rings is 1. The van der Waals surface area contributed by atoms with Gasteiger partial charge >= 0.3 is 0 Å². The van der Waals surface area contributed by atoms with Crippen LogP contribution in [0.5, 0.6) is 0 Å². The Balaban J connectivity index is 1.43. The molecular formula is C22H26Cl2N4O2. The number of hydrogen-bond donors (Lipinski definition) is 0. The Morgan fingerprint density at radius 2 is 1.70 bits per heavy atom. The molecule has 0 unspecified atom stereocenters. The van der Waals surface area contributed by atoms with E-state index in [-0.39, 0.29) is 17.7 Å². The molecule has 0 spiro atoms. The average Bonchev–Trinajstić information content (AvgIpc) is 3.37. The molecule has 0 N–H and O–H groups in total. The molecule has 0 atom stereocenters. The lowest BCUT2D eigenvalue weighted by molar-refractivity contribution is -0.135. The molecule has 2 saturated heterocycles. The SMILES string of the molecule is Cc1nn(Cc2ccccc2Cl)c(Cl)c1C(=O)N1CCC(C(=O)N2CCCC2)CC1. The minimum Gasteiger partial charge on any atom is -0.342 e. The Labute approximate surface area is 186 Å². The predicted octanol–water partition coefficient (Wildman–Crippen LogP) is 4.02. The number of aromatic nitrogens is 2. The number of benzene rings is 1. The molecule has 4 rings (SSSR count). The van der Waals surface area contributed by atoms with Crippen molar-refractivity contribution in [3.05, 3.63) is 51.3 Å². The highest BCUT2D eigenvalue weighted by molar-refractivity contribution is 6.33. The highest BCUT2D eigenvalue weighted by Gasteiger charge is 2.33. The lowest BCUT2D eigenvalue weighted by atomic mass is 9.95. The number of halogens is 2. The first-order chi connectivity index (χ1) is 14.5. The van der Waals surface area contributed by atoms with Gasteiger partial charge in [0.05, 0.1) is 17.8 Å². The summed E-state index contributed by atoms with van der Waals surface area (Å²) in [4.78, 5) is 29.6. The summed E-state index contributed by atoms with van der Waals surface area (Å²) in [5.74, 6) is 0.156. The van der Waals surface area contributed by atoms with Crippen molar-refractivity contribution < 1.29 is 9.59 Å². The van der Waals surface area contributed by atoms with Crippen molar-refractivity contribution in [2.45, 2.75) is 39.2 Å². The minimum atomic E-state index is -0.116. The van der Waals surface area contributed by atoms with E-state index in [2.05, 4.69) is 5.10 Å². The largest absolute Gasteiger partial charge is 0.342 e. The van der Waals surface area contributed by atoms with Crippen LogP contribution in [0.3, 0.4) is 0 Å². The zero-order valence-electron chi connectivity index (χ0n) is 17.1. The van der Waals surface area contributed by atoms with Gasteiger partial charge in [0.15, 0.2) is 0 Å². The number of hydrogen-bond acceptors (Lipinski definition) is 3. The second-order valence-electron chi connectivity index (χ2n) is 8.10. The van der Waals surface area contributed by atoms with E-state index in [0.717, 1.165) is 31.5 Å². The molecular weight excluding hydrogens is 423 g/mol. The van der Waals surface area contributed by atoms with Crippen molar-refractivity contribution >= 4 is 35.0 Å². The van der Waals surface area contributed by atoms with Gasteiger partial charge in [0, 0.05) is 37.1 Å². The summed E-state index contributed by atoms with van der Waals surface area (Å²) < 4.78 is 1.62. The van der Waals surface area contributed by atoms with Crippen LogP contribution in [-0.4, -0.2) is 57.6 Å². The van der Waals surface area contributed by atoms with Gasteiger partial charge in [0.25, 0.3) is 5.91 Å². The topological polar surface area (TPSA) is 58.4 Å². The summed E-state index contributed by atoms with van der Waals surface area (Å²) >= 11 is 12.8. The number of carbonyl (C=O) groups excluding carboxylic acids is 2. The molecule has 1 aromatic heterocycles. The van der Waals surface area contributed by atoms with Gasteiger partial charge in [-0.25, -0.2) is 4.68 Å². The van der Waals surface area contributed by atoms with Crippen LogP contribution in [0, 0.1) is 12.8 Å². The Morgan fingerprint density at radius 1 is 1.03 bits per heavy atom. The highest BCUT2D eigenvalue weighted by atomic mass is 35.5. The van der Waals surface area contributed by atoms with Crippen molar-refractivity contribution in [1.29, 1.82) is 0 Å². The van der Waals surface area contributed by atoms with Gasteiger partial charge in [-0.15, -0.1) is 0 Å². The zero-order valence-corrected chi connectivity index (χ0v) is 18.6. The molecule has 30 heavy (non-hydrogen) atoms. The monoisotopic (exact) mass is 448 g/mol. The number of rotatable bonds is 4. The fourth-order valence-corrected chi connectivity index (χ4v) is 4.88. The van der Waals surface area contributed by atoms with E-state index in [1.807, 2.05) is 29.2 Å². The third-order valence-corrected chi connectivity index (χ3v) is 6.86. The molecule has 2 aliphatic heterocycles. The average molecular weight is 449 g/mol. The number of carbonyl (C=O) groups is 2. The van der Waals surface area contributed by atoms with E-state index in [0.29, 0.717) is 53.9 Å². The van der Waals surface area contributed by atoms with Gasteiger partial charge in [0.2, 0.25) is 5.91 Å². The predicted molar refractivity (Wildman–Crippen MR) is 117 cm³/mol. The summed E-state index contributed by atoms with van der Waals surface area (Å²) in [6, 6.07) is 7.51. The number of amides is 2. The molecule has 2 fully saturated rings. The van der Waals surface area contributed by atoms with Crippen molar-refractivity contribution in [1.82, 2.24) is 19.6 Å². The first kappa shape index (κ1) is 21.2. The molecule has 0 aliphatic carbocycles. The van der Waals surface area contributed by atoms with Crippen molar-refractivity contribution in [3.8, 4) is 0 Å². The fourth-order valence-electron chi connectivity index (χ4n) is 4.37. The van der Waals surface area contributed by atoms with E-state index in [1.165, 1.54) is 0 Å². The molecule has 8 heteroatoms. The maximum Gasteiger partial charge on any atom is 0.258 e. The molecule has 2 aliphatic rings. The van der Waals surface area contributed by atoms with E-state index >= 15 is 0 Å². The number of likely N-dealkylation sites (tertiary alicyclic amines) is 2. The second kappa shape index (κ2) is 8.98. The van der Waals surface area contributed by atoms with Gasteiger partial charge in [-0.2, -0.15) is 5.10 Å². The van der Waals surface area contributed by atoms with E-state index in [4.69, 9.17) is 23.2 Å². The maximum absolute atomic E-state index is 13.2. The lowest BCUT2D eigenvalue weighted by Crippen LogP contribution is -2.43. The first-order valence-electron chi connectivity index (χ1n) is 10.5. The molecule has 160 valence electrons. The van der Waals surface area contributed by atoms with Crippen LogP contribution in [-0.2, 0) is 11.3 Å². The Bertz CT molecular complexity index is 945. The first-order valence-corrected chi connectivity index (χ1v) is 11.3. The maximum atomic E-state index is 13.2. The fraction of sp³-hybridized carbons (Fsp3) is 0.500.